The highest BCUT2D eigenvalue weighted by Crippen LogP contribution is 2.25. The molecule has 102 valence electrons. The van der Waals surface area contributed by atoms with E-state index in [9.17, 15) is 4.39 Å². The van der Waals surface area contributed by atoms with Crippen molar-refractivity contribution in [2.75, 3.05) is 5.32 Å². The molecule has 0 atom stereocenters. The Morgan fingerprint density at radius 3 is 2.95 bits per heavy atom. The van der Waals surface area contributed by atoms with Crippen molar-refractivity contribution >= 4 is 38.8 Å². The number of halogens is 2. The Kier molecular flexibility index (Phi) is 3.59. The van der Waals surface area contributed by atoms with Crippen molar-refractivity contribution in [2.45, 2.75) is 13.5 Å². The quantitative estimate of drug-likeness (QED) is 0.736. The first-order chi connectivity index (χ1) is 9.61. The molecule has 3 aromatic rings. The molecule has 2 nitrogen and oxygen atoms in total. The van der Waals surface area contributed by atoms with Crippen molar-refractivity contribution in [3.63, 3.8) is 0 Å². The second-order valence-corrected chi connectivity index (χ2v) is 6.18. The summed E-state index contributed by atoms with van der Waals surface area (Å²) in [6.07, 6.45) is 0. The van der Waals surface area contributed by atoms with Gasteiger partial charge in [0.2, 0.25) is 0 Å². The predicted octanol–water partition coefficient (Wildman–Crippen LogP) is 5.01. The molecule has 1 aromatic heterocycles. The van der Waals surface area contributed by atoms with E-state index in [2.05, 4.69) is 10.3 Å². The number of anilines is 1. The molecule has 0 radical (unpaired) electrons. The molecule has 0 unspecified atom stereocenters. The average Bonchev–Trinajstić information content (AvgIpc) is 2.79. The average molecular weight is 307 g/mol. The normalized spacial score (nSPS) is 10.9. The SMILES string of the molecule is Cc1nc2ccc(NCc3cc(Cl)ccc3F)cc2s1. The standard InChI is InChI=1S/C15H12ClFN2S/c1-9-19-14-5-3-12(7-15(14)20-9)18-8-10-6-11(16)2-4-13(10)17/h2-7,18H,8H2,1H3. The van der Waals surface area contributed by atoms with Crippen LogP contribution in [0.1, 0.15) is 10.6 Å². The molecule has 0 bridgehead atoms. The number of aryl methyl sites for hydroxylation is 1. The summed E-state index contributed by atoms with van der Waals surface area (Å²) in [7, 11) is 0. The van der Waals surface area contributed by atoms with Crippen LogP contribution in [0.2, 0.25) is 5.02 Å². The van der Waals surface area contributed by atoms with Crippen molar-refractivity contribution in [2.24, 2.45) is 0 Å². The van der Waals surface area contributed by atoms with E-state index in [0.717, 1.165) is 20.9 Å². The van der Waals surface area contributed by atoms with Gasteiger partial charge in [0.05, 0.1) is 15.2 Å². The minimum absolute atomic E-state index is 0.253. The zero-order valence-electron chi connectivity index (χ0n) is 10.8. The summed E-state index contributed by atoms with van der Waals surface area (Å²) in [5.74, 6) is -0.253. The van der Waals surface area contributed by atoms with Gasteiger partial charge < -0.3 is 5.32 Å². The lowest BCUT2D eigenvalue weighted by molar-refractivity contribution is 0.613. The number of thiazole rings is 1. The van der Waals surface area contributed by atoms with Crippen molar-refractivity contribution < 1.29 is 4.39 Å². The maximum atomic E-state index is 13.6. The van der Waals surface area contributed by atoms with E-state index in [1.807, 2.05) is 25.1 Å². The molecule has 0 spiro atoms. The molecule has 0 aliphatic carbocycles. The molecular weight excluding hydrogens is 295 g/mol. The summed E-state index contributed by atoms with van der Waals surface area (Å²) in [6, 6.07) is 10.5. The topological polar surface area (TPSA) is 24.9 Å². The third kappa shape index (κ3) is 2.76. The van der Waals surface area contributed by atoms with E-state index >= 15 is 0 Å². The summed E-state index contributed by atoms with van der Waals surface area (Å²) >= 11 is 7.53. The lowest BCUT2D eigenvalue weighted by Crippen LogP contribution is -2.01. The Hall–Kier alpha value is -1.65. The van der Waals surface area contributed by atoms with Crippen molar-refractivity contribution in [3.8, 4) is 0 Å². The van der Waals surface area contributed by atoms with Gasteiger partial charge in [-0.3, -0.25) is 0 Å². The third-order valence-electron chi connectivity index (χ3n) is 2.99. The van der Waals surface area contributed by atoms with Crippen LogP contribution in [0.5, 0.6) is 0 Å². The number of hydrogen-bond acceptors (Lipinski definition) is 3. The maximum absolute atomic E-state index is 13.6. The minimum atomic E-state index is -0.253. The molecule has 2 aromatic carbocycles. The number of benzene rings is 2. The molecule has 0 amide bonds. The van der Waals surface area contributed by atoms with Gasteiger partial charge in [-0.1, -0.05) is 11.6 Å². The van der Waals surface area contributed by atoms with E-state index in [-0.39, 0.29) is 5.82 Å². The largest absolute Gasteiger partial charge is 0.381 e. The summed E-state index contributed by atoms with van der Waals surface area (Å²) in [5, 5.41) is 4.79. The Morgan fingerprint density at radius 2 is 2.10 bits per heavy atom. The van der Waals surface area contributed by atoms with Crippen LogP contribution in [-0.2, 0) is 6.54 Å². The lowest BCUT2D eigenvalue weighted by atomic mass is 10.2. The molecule has 1 N–H and O–H groups in total. The first kappa shape index (κ1) is 13.3. The fraction of sp³-hybridized carbons (Fsp3) is 0.133. The summed E-state index contributed by atoms with van der Waals surface area (Å²) in [5.41, 5.74) is 2.49. The fourth-order valence-electron chi connectivity index (χ4n) is 2.03. The zero-order valence-corrected chi connectivity index (χ0v) is 12.4. The first-order valence-electron chi connectivity index (χ1n) is 6.17. The Bertz CT molecular complexity index is 770. The maximum Gasteiger partial charge on any atom is 0.128 e. The van der Waals surface area contributed by atoms with Crippen LogP contribution in [-0.4, -0.2) is 4.98 Å². The van der Waals surface area contributed by atoms with Gasteiger partial charge in [0.15, 0.2) is 0 Å². The highest BCUT2D eigenvalue weighted by Gasteiger charge is 2.05. The van der Waals surface area contributed by atoms with Crippen LogP contribution < -0.4 is 5.32 Å². The molecule has 0 saturated heterocycles. The lowest BCUT2D eigenvalue weighted by Gasteiger charge is -2.08. The molecule has 1 heterocycles. The van der Waals surface area contributed by atoms with E-state index in [1.54, 1.807) is 23.5 Å². The Labute approximate surface area is 125 Å². The van der Waals surface area contributed by atoms with Crippen molar-refractivity contribution in [3.05, 3.63) is 57.8 Å². The van der Waals surface area contributed by atoms with Crippen molar-refractivity contribution in [1.82, 2.24) is 4.98 Å². The number of fused-ring (bicyclic) bond motifs is 1. The zero-order chi connectivity index (χ0) is 14.1. The molecule has 0 aliphatic rings. The van der Waals surface area contributed by atoms with Gasteiger partial charge in [-0.2, -0.15) is 0 Å². The van der Waals surface area contributed by atoms with Gasteiger partial charge in [0, 0.05) is 22.8 Å². The van der Waals surface area contributed by atoms with Gasteiger partial charge in [0.1, 0.15) is 5.82 Å². The number of nitrogens with zero attached hydrogens (tertiary/aromatic N) is 1. The van der Waals surface area contributed by atoms with Crippen LogP contribution in [0.25, 0.3) is 10.2 Å². The van der Waals surface area contributed by atoms with E-state index in [4.69, 9.17) is 11.6 Å². The molecule has 0 saturated carbocycles. The van der Waals surface area contributed by atoms with Gasteiger partial charge in [-0.15, -0.1) is 11.3 Å². The predicted molar refractivity (Wildman–Crippen MR) is 83.1 cm³/mol. The van der Waals surface area contributed by atoms with E-state index in [1.165, 1.54) is 6.07 Å². The number of hydrogen-bond donors (Lipinski definition) is 1. The van der Waals surface area contributed by atoms with Gasteiger partial charge in [-0.05, 0) is 43.3 Å². The van der Waals surface area contributed by atoms with E-state index in [0.29, 0.717) is 17.1 Å². The van der Waals surface area contributed by atoms with Crippen LogP contribution in [0.15, 0.2) is 36.4 Å². The highest BCUT2D eigenvalue weighted by molar-refractivity contribution is 7.18. The Morgan fingerprint density at radius 1 is 1.25 bits per heavy atom. The number of aromatic nitrogens is 1. The fourth-order valence-corrected chi connectivity index (χ4v) is 3.09. The van der Waals surface area contributed by atoms with Gasteiger partial charge in [0.25, 0.3) is 0 Å². The summed E-state index contributed by atoms with van der Waals surface area (Å²) in [6.45, 7) is 2.38. The third-order valence-corrected chi connectivity index (χ3v) is 4.15. The monoisotopic (exact) mass is 306 g/mol. The second kappa shape index (κ2) is 5.38. The van der Waals surface area contributed by atoms with Gasteiger partial charge in [-0.25, -0.2) is 9.37 Å². The Balaban J connectivity index is 1.80. The molecular formula is C15H12ClFN2S. The molecule has 20 heavy (non-hydrogen) atoms. The molecule has 3 rings (SSSR count). The van der Waals surface area contributed by atoms with Crippen LogP contribution in [0.4, 0.5) is 10.1 Å². The number of rotatable bonds is 3. The van der Waals surface area contributed by atoms with Crippen LogP contribution in [0, 0.1) is 12.7 Å². The van der Waals surface area contributed by atoms with Crippen LogP contribution in [0.3, 0.4) is 0 Å². The highest BCUT2D eigenvalue weighted by atomic mass is 35.5. The smallest absolute Gasteiger partial charge is 0.128 e. The second-order valence-electron chi connectivity index (χ2n) is 4.50. The van der Waals surface area contributed by atoms with Crippen molar-refractivity contribution in [1.29, 1.82) is 0 Å². The van der Waals surface area contributed by atoms with E-state index < -0.39 is 0 Å². The minimum Gasteiger partial charge on any atom is -0.381 e. The molecule has 0 fully saturated rings. The molecule has 5 heteroatoms. The van der Waals surface area contributed by atoms with Crippen LogP contribution >= 0.6 is 22.9 Å². The summed E-state index contributed by atoms with van der Waals surface area (Å²) in [4.78, 5) is 4.41. The summed E-state index contributed by atoms with van der Waals surface area (Å²) < 4.78 is 14.7. The number of nitrogens with one attached hydrogen (secondary N) is 1. The van der Waals surface area contributed by atoms with Gasteiger partial charge >= 0.3 is 0 Å². The molecule has 0 aliphatic heterocycles. The first-order valence-corrected chi connectivity index (χ1v) is 7.36.